The molecule has 1 aliphatic heterocycles. The molecule has 0 aromatic carbocycles. The Kier molecular flexibility index (Phi) is 4.03. The maximum atomic E-state index is 4.75. The first-order valence-electron chi connectivity index (χ1n) is 8.80. The highest BCUT2D eigenvalue weighted by molar-refractivity contribution is 5.76. The third-order valence-corrected chi connectivity index (χ3v) is 5.62. The summed E-state index contributed by atoms with van der Waals surface area (Å²) in [5.41, 5.74) is 2.04. The van der Waals surface area contributed by atoms with Gasteiger partial charge in [-0.05, 0) is 39.7 Å². The van der Waals surface area contributed by atoms with Gasteiger partial charge in [0.25, 0.3) is 0 Å². The normalized spacial score (nSPS) is 27.6. The van der Waals surface area contributed by atoms with Crippen molar-refractivity contribution in [3.05, 3.63) is 18.2 Å². The molecule has 0 radical (unpaired) electrons. The zero-order chi connectivity index (χ0) is 15.8. The Balaban J connectivity index is 1.45. The molecule has 0 N–H and O–H groups in total. The van der Waals surface area contributed by atoms with E-state index in [4.69, 9.17) is 5.10 Å². The lowest BCUT2D eigenvalue weighted by Crippen LogP contribution is -2.49. The van der Waals surface area contributed by atoms with Crippen LogP contribution in [0.1, 0.15) is 37.4 Å². The van der Waals surface area contributed by atoms with E-state index in [1.165, 1.54) is 51.9 Å². The molecule has 0 bridgehead atoms. The first-order chi connectivity index (χ1) is 11.2. The molecule has 0 amide bonds. The summed E-state index contributed by atoms with van der Waals surface area (Å²) in [4.78, 5) is 13.7. The number of nitrogens with zero attached hydrogens (tertiary/aromatic N) is 6. The zero-order valence-corrected chi connectivity index (χ0v) is 14.1. The predicted molar refractivity (Wildman–Crippen MR) is 90.4 cm³/mol. The third-order valence-electron chi connectivity index (χ3n) is 5.62. The van der Waals surface area contributed by atoms with Gasteiger partial charge in [0, 0.05) is 38.4 Å². The largest absolute Gasteiger partial charge is 0.304 e. The molecular formula is C17H26N6. The predicted octanol–water partition coefficient (Wildman–Crippen LogP) is 1.87. The van der Waals surface area contributed by atoms with Gasteiger partial charge in [-0.2, -0.15) is 5.10 Å². The van der Waals surface area contributed by atoms with Gasteiger partial charge >= 0.3 is 0 Å². The number of aryl methyl sites for hydroxylation is 1. The minimum Gasteiger partial charge on any atom is -0.304 e. The molecule has 1 saturated carbocycles. The summed E-state index contributed by atoms with van der Waals surface area (Å²) in [5, 5.41) is 5.85. The lowest BCUT2D eigenvalue weighted by Gasteiger charge is -2.41. The van der Waals surface area contributed by atoms with Gasteiger partial charge in [-0.15, -0.1) is 0 Å². The summed E-state index contributed by atoms with van der Waals surface area (Å²) in [6.07, 6.45) is 8.49. The number of hydrogen-bond acceptors (Lipinski definition) is 5. The average Bonchev–Trinajstić information content (AvgIpc) is 2.93. The Labute approximate surface area is 137 Å². The van der Waals surface area contributed by atoms with Crippen LogP contribution >= 0.6 is 0 Å². The monoisotopic (exact) mass is 314 g/mol. The summed E-state index contributed by atoms with van der Waals surface area (Å²) in [7, 11) is 2.22. The fourth-order valence-electron chi connectivity index (χ4n) is 4.13. The number of fused-ring (bicyclic) bond motifs is 1. The van der Waals surface area contributed by atoms with Gasteiger partial charge in [-0.3, -0.25) is 4.90 Å². The lowest BCUT2D eigenvalue weighted by molar-refractivity contribution is 0.0815. The summed E-state index contributed by atoms with van der Waals surface area (Å²) in [6, 6.07) is 1.25. The van der Waals surface area contributed by atoms with Gasteiger partial charge < -0.3 is 4.90 Å². The second kappa shape index (κ2) is 6.17. The van der Waals surface area contributed by atoms with E-state index < -0.39 is 0 Å². The van der Waals surface area contributed by atoms with Crippen molar-refractivity contribution < 1.29 is 0 Å². The maximum absolute atomic E-state index is 4.75. The number of rotatable bonds is 2. The summed E-state index contributed by atoms with van der Waals surface area (Å²) >= 11 is 0. The Morgan fingerprint density at radius 3 is 2.43 bits per heavy atom. The van der Waals surface area contributed by atoms with Crippen molar-refractivity contribution in [2.75, 3.05) is 33.2 Å². The molecule has 2 fully saturated rings. The minimum absolute atomic E-state index is 0.491. The van der Waals surface area contributed by atoms with Gasteiger partial charge in [-0.1, -0.05) is 0 Å². The molecule has 124 valence electrons. The molecular weight excluding hydrogens is 288 g/mol. The third kappa shape index (κ3) is 2.85. The molecule has 2 aromatic rings. The van der Waals surface area contributed by atoms with Crippen LogP contribution in [0, 0.1) is 6.92 Å². The molecule has 3 heterocycles. The SMILES string of the molecule is Cc1nn(C2CCC(N3CCN(C)CC3)CC2)c2ncncc12. The molecule has 6 nitrogen and oxygen atoms in total. The van der Waals surface area contributed by atoms with E-state index in [9.17, 15) is 0 Å². The van der Waals surface area contributed by atoms with Gasteiger partial charge in [-0.25, -0.2) is 14.6 Å². The maximum Gasteiger partial charge on any atom is 0.161 e. The van der Waals surface area contributed by atoms with Gasteiger partial charge in [0.1, 0.15) is 6.33 Å². The second-order valence-electron chi connectivity index (χ2n) is 7.09. The standard InChI is InChI=1S/C17H26N6/c1-13-16-11-18-12-19-17(16)23(20-13)15-5-3-14(4-6-15)22-9-7-21(2)8-10-22/h11-12,14-15H,3-10H2,1-2H3. The molecule has 23 heavy (non-hydrogen) atoms. The minimum atomic E-state index is 0.491. The molecule has 0 atom stereocenters. The molecule has 0 unspecified atom stereocenters. The van der Waals surface area contributed by atoms with Crippen molar-refractivity contribution >= 4 is 11.0 Å². The molecule has 2 aromatic heterocycles. The fourth-order valence-corrected chi connectivity index (χ4v) is 4.13. The first kappa shape index (κ1) is 15.0. The van der Waals surface area contributed by atoms with Crippen molar-refractivity contribution in [3.8, 4) is 0 Å². The Morgan fingerprint density at radius 2 is 1.70 bits per heavy atom. The van der Waals surface area contributed by atoms with E-state index in [1.54, 1.807) is 6.33 Å². The zero-order valence-electron chi connectivity index (χ0n) is 14.1. The van der Waals surface area contributed by atoms with Crippen molar-refractivity contribution in [2.24, 2.45) is 0 Å². The molecule has 1 saturated heterocycles. The number of aromatic nitrogens is 4. The highest BCUT2D eigenvalue weighted by Crippen LogP contribution is 2.33. The van der Waals surface area contributed by atoms with Crippen LogP contribution in [0.25, 0.3) is 11.0 Å². The lowest BCUT2D eigenvalue weighted by atomic mass is 9.90. The average molecular weight is 314 g/mol. The number of hydrogen-bond donors (Lipinski definition) is 0. The second-order valence-corrected chi connectivity index (χ2v) is 7.09. The van der Waals surface area contributed by atoms with Crippen LogP contribution in [0.5, 0.6) is 0 Å². The summed E-state index contributed by atoms with van der Waals surface area (Å²) < 4.78 is 2.16. The van der Waals surface area contributed by atoms with E-state index in [0.29, 0.717) is 6.04 Å². The number of likely N-dealkylation sites (N-methyl/N-ethyl adjacent to an activating group) is 1. The van der Waals surface area contributed by atoms with Crippen molar-refractivity contribution in [1.82, 2.24) is 29.5 Å². The van der Waals surface area contributed by atoms with Gasteiger partial charge in [0.2, 0.25) is 0 Å². The van der Waals surface area contributed by atoms with E-state index in [2.05, 4.69) is 38.4 Å². The van der Waals surface area contributed by atoms with E-state index >= 15 is 0 Å². The summed E-state index contributed by atoms with van der Waals surface area (Å²) in [5.74, 6) is 0. The smallest absolute Gasteiger partial charge is 0.161 e. The van der Waals surface area contributed by atoms with Crippen LogP contribution in [-0.4, -0.2) is 68.8 Å². The van der Waals surface area contributed by atoms with Gasteiger partial charge in [0.05, 0.1) is 17.1 Å². The quantitative estimate of drug-likeness (QED) is 0.847. The van der Waals surface area contributed by atoms with Crippen molar-refractivity contribution in [1.29, 1.82) is 0 Å². The van der Waals surface area contributed by atoms with E-state index in [-0.39, 0.29) is 0 Å². The Morgan fingerprint density at radius 1 is 1.00 bits per heavy atom. The fraction of sp³-hybridized carbons (Fsp3) is 0.706. The Hall–Kier alpha value is -1.53. The van der Waals surface area contributed by atoms with Crippen LogP contribution in [0.3, 0.4) is 0 Å². The van der Waals surface area contributed by atoms with Crippen LogP contribution < -0.4 is 0 Å². The molecule has 1 aliphatic carbocycles. The summed E-state index contributed by atoms with van der Waals surface area (Å²) in [6.45, 7) is 6.92. The van der Waals surface area contributed by atoms with Crippen LogP contribution in [0.2, 0.25) is 0 Å². The Bertz CT molecular complexity index is 665. The van der Waals surface area contributed by atoms with Gasteiger partial charge in [0.15, 0.2) is 5.65 Å². The molecule has 4 rings (SSSR count). The van der Waals surface area contributed by atoms with E-state index in [0.717, 1.165) is 22.8 Å². The van der Waals surface area contributed by atoms with Crippen LogP contribution in [-0.2, 0) is 0 Å². The van der Waals surface area contributed by atoms with E-state index in [1.807, 2.05) is 6.20 Å². The van der Waals surface area contributed by atoms with Crippen molar-refractivity contribution in [2.45, 2.75) is 44.7 Å². The first-order valence-corrected chi connectivity index (χ1v) is 8.80. The van der Waals surface area contributed by atoms with Crippen LogP contribution in [0.15, 0.2) is 12.5 Å². The van der Waals surface area contributed by atoms with Crippen LogP contribution in [0.4, 0.5) is 0 Å². The highest BCUT2D eigenvalue weighted by Gasteiger charge is 2.29. The topological polar surface area (TPSA) is 50.1 Å². The van der Waals surface area contributed by atoms with Crippen molar-refractivity contribution in [3.63, 3.8) is 0 Å². The number of piperazine rings is 1. The molecule has 0 spiro atoms. The molecule has 6 heteroatoms. The molecule has 2 aliphatic rings. The highest BCUT2D eigenvalue weighted by atomic mass is 15.3.